The van der Waals surface area contributed by atoms with Gasteiger partial charge >= 0.3 is 0 Å². The highest BCUT2D eigenvalue weighted by Gasteiger charge is 2.39. The number of aromatic hydroxyl groups is 1. The summed E-state index contributed by atoms with van der Waals surface area (Å²) in [4.78, 5) is 25.0. The summed E-state index contributed by atoms with van der Waals surface area (Å²) in [5.74, 6) is 0.806. The molecule has 0 unspecified atom stereocenters. The second kappa shape index (κ2) is 8.22. The maximum absolute atomic E-state index is 12.6. The van der Waals surface area contributed by atoms with Gasteiger partial charge in [0.25, 0.3) is 11.3 Å². The lowest BCUT2D eigenvalue weighted by atomic mass is 9.96. The van der Waals surface area contributed by atoms with Crippen LogP contribution in [0.1, 0.15) is 48.2 Å². The summed E-state index contributed by atoms with van der Waals surface area (Å²) in [6.45, 7) is 1.90. The van der Waals surface area contributed by atoms with Crippen molar-refractivity contribution in [1.29, 1.82) is 0 Å². The normalized spacial score (nSPS) is 21.1. The molecule has 0 saturated heterocycles. The fourth-order valence-corrected chi connectivity index (χ4v) is 4.93. The van der Waals surface area contributed by atoms with E-state index in [9.17, 15) is 14.7 Å². The molecule has 3 N–H and O–H groups in total. The van der Waals surface area contributed by atoms with Gasteiger partial charge in [0, 0.05) is 19.3 Å². The lowest BCUT2D eigenvalue weighted by Crippen LogP contribution is -2.38. The molecule has 1 saturated carbocycles. The number of nitrogens with zero attached hydrogens (tertiary/aromatic N) is 3. The summed E-state index contributed by atoms with van der Waals surface area (Å²) in [5, 5.41) is 20.8. The minimum atomic E-state index is -0.754. The van der Waals surface area contributed by atoms with Crippen LogP contribution in [0.4, 0.5) is 5.82 Å². The Bertz CT molecular complexity index is 1150. The van der Waals surface area contributed by atoms with Crippen molar-refractivity contribution < 1.29 is 14.6 Å². The van der Waals surface area contributed by atoms with Crippen LogP contribution in [0, 0.1) is 0 Å². The van der Waals surface area contributed by atoms with Gasteiger partial charge in [-0.2, -0.15) is 5.10 Å². The quantitative estimate of drug-likeness (QED) is 0.545. The molecular weight excluding hydrogens is 410 g/mol. The second-order valence-electron chi connectivity index (χ2n) is 8.55. The molecule has 0 aromatic carbocycles. The SMILES string of the molecule is O=C1NCC/C=C/COC2=CCNc3c2ccn3C2(CCCC2)Cn2cc(O)c(=O)c1n2. The minimum absolute atomic E-state index is 0.285. The van der Waals surface area contributed by atoms with E-state index >= 15 is 0 Å². The number of hydrogen-bond donors (Lipinski definition) is 3. The van der Waals surface area contributed by atoms with Crippen LogP contribution in [0.25, 0.3) is 5.76 Å². The number of carbonyl (C=O) groups is 1. The molecule has 5 rings (SSSR count). The Balaban J connectivity index is 1.61. The lowest BCUT2D eigenvalue weighted by Gasteiger charge is -2.34. The zero-order chi connectivity index (χ0) is 22.1. The molecule has 2 aromatic heterocycles. The number of hydrogen-bond acceptors (Lipinski definition) is 6. The van der Waals surface area contributed by atoms with Crippen molar-refractivity contribution in [1.82, 2.24) is 19.7 Å². The third-order valence-electron chi connectivity index (χ3n) is 6.47. The van der Waals surface area contributed by atoms with Crippen LogP contribution >= 0.6 is 0 Å². The van der Waals surface area contributed by atoms with Crippen LogP contribution in [0.5, 0.6) is 5.75 Å². The van der Waals surface area contributed by atoms with Crippen LogP contribution in [-0.2, 0) is 16.8 Å². The lowest BCUT2D eigenvalue weighted by molar-refractivity contribution is 0.0943. The zero-order valence-electron chi connectivity index (χ0n) is 17.8. The van der Waals surface area contributed by atoms with Gasteiger partial charge in [0.05, 0.1) is 23.8 Å². The van der Waals surface area contributed by atoms with Gasteiger partial charge in [-0.05, 0) is 31.4 Å². The van der Waals surface area contributed by atoms with Crippen LogP contribution < -0.4 is 16.1 Å². The molecular formula is C23H27N5O4. The molecule has 0 radical (unpaired) electrons. The molecule has 0 atom stereocenters. The zero-order valence-corrected chi connectivity index (χ0v) is 17.8. The average Bonchev–Trinajstić information content (AvgIpc) is 3.43. The number of nitrogens with one attached hydrogen (secondary N) is 2. The van der Waals surface area contributed by atoms with Gasteiger partial charge in [0.1, 0.15) is 18.2 Å². The first-order valence-electron chi connectivity index (χ1n) is 11.1. The number of anilines is 1. The van der Waals surface area contributed by atoms with Gasteiger partial charge in [-0.1, -0.05) is 25.0 Å². The van der Waals surface area contributed by atoms with Crippen molar-refractivity contribution >= 4 is 17.5 Å². The molecule has 4 heterocycles. The molecule has 1 spiro atoms. The van der Waals surface area contributed by atoms with E-state index in [0.29, 0.717) is 32.7 Å². The average molecular weight is 438 g/mol. The third kappa shape index (κ3) is 3.57. The van der Waals surface area contributed by atoms with Gasteiger partial charge in [-0.25, -0.2) is 0 Å². The summed E-state index contributed by atoms with van der Waals surface area (Å²) >= 11 is 0. The number of rotatable bonds is 0. The monoisotopic (exact) mass is 437 g/mol. The van der Waals surface area contributed by atoms with Gasteiger partial charge in [0.2, 0.25) is 0 Å². The van der Waals surface area contributed by atoms with Crippen molar-refractivity contribution in [3.63, 3.8) is 0 Å². The Morgan fingerprint density at radius 1 is 1.16 bits per heavy atom. The Labute approximate surface area is 185 Å². The Hall–Kier alpha value is -3.49. The predicted molar refractivity (Wildman–Crippen MR) is 120 cm³/mol. The Kier molecular flexibility index (Phi) is 5.24. The first-order chi connectivity index (χ1) is 15.6. The fraction of sp³-hybridized carbons (Fsp3) is 0.435. The fourth-order valence-electron chi connectivity index (χ4n) is 4.93. The number of fused-ring (bicyclic) bond motifs is 3. The highest BCUT2D eigenvalue weighted by molar-refractivity contribution is 5.92. The molecule has 168 valence electrons. The molecule has 1 amide bonds. The largest absolute Gasteiger partial charge is 0.503 e. The Morgan fingerprint density at radius 2 is 2.00 bits per heavy atom. The van der Waals surface area contributed by atoms with E-state index in [1.54, 1.807) is 0 Å². The van der Waals surface area contributed by atoms with E-state index < -0.39 is 17.1 Å². The van der Waals surface area contributed by atoms with Crippen molar-refractivity contribution in [3.8, 4) is 5.75 Å². The summed E-state index contributed by atoms with van der Waals surface area (Å²) in [5.41, 5.74) is -0.309. The number of carbonyl (C=O) groups excluding carboxylic acids is 1. The summed E-state index contributed by atoms with van der Waals surface area (Å²) in [6, 6.07) is 2.06. The second-order valence-corrected chi connectivity index (χ2v) is 8.55. The van der Waals surface area contributed by atoms with E-state index in [-0.39, 0.29) is 11.2 Å². The van der Waals surface area contributed by atoms with E-state index in [4.69, 9.17) is 4.74 Å². The molecule has 1 aliphatic carbocycles. The topological polar surface area (TPSA) is 110 Å². The van der Waals surface area contributed by atoms with E-state index in [1.807, 2.05) is 18.2 Å². The standard InChI is InChI=1S/C23H27N5O4/c29-17-14-27-15-23(8-2-3-9-23)28-12-7-16-18(6-11-24-21(16)28)32-13-5-1-4-10-25-22(31)19(26-27)20(17)30/h1,5-7,12,14,24,29H,2-4,8-11,13,15H2,(H,25,31)/b5-1+. The van der Waals surface area contributed by atoms with Crippen LogP contribution in [0.3, 0.4) is 0 Å². The predicted octanol–water partition coefficient (Wildman–Crippen LogP) is 2.19. The molecule has 6 bridgehead atoms. The molecule has 2 aromatic rings. The summed E-state index contributed by atoms with van der Waals surface area (Å²) < 4.78 is 9.81. The van der Waals surface area contributed by atoms with Crippen LogP contribution in [-0.4, -0.2) is 45.1 Å². The molecule has 3 aliphatic rings. The number of amides is 1. The Morgan fingerprint density at radius 3 is 2.84 bits per heavy atom. The minimum Gasteiger partial charge on any atom is -0.503 e. The molecule has 9 nitrogen and oxygen atoms in total. The summed E-state index contributed by atoms with van der Waals surface area (Å²) in [7, 11) is 0. The highest BCUT2D eigenvalue weighted by atomic mass is 16.5. The molecule has 2 aliphatic heterocycles. The maximum Gasteiger partial charge on any atom is 0.275 e. The molecule has 1 fully saturated rings. The van der Waals surface area contributed by atoms with Crippen molar-refractivity contribution in [3.05, 3.63) is 58.2 Å². The first kappa shape index (κ1) is 20.4. The maximum atomic E-state index is 12.6. The van der Waals surface area contributed by atoms with Crippen molar-refractivity contribution in [2.45, 2.75) is 44.2 Å². The van der Waals surface area contributed by atoms with E-state index in [2.05, 4.69) is 32.6 Å². The van der Waals surface area contributed by atoms with Gasteiger partial charge in [-0.3, -0.25) is 14.3 Å². The van der Waals surface area contributed by atoms with Gasteiger partial charge < -0.3 is 25.0 Å². The van der Waals surface area contributed by atoms with Crippen LogP contribution in [0.15, 0.2) is 41.5 Å². The number of ether oxygens (including phenoxy) is 1. The smallest absolute Gasteiger partial charge is 0.275 e. The molecule has 32 heavy (non-hydrogen) atoms. The number of aromatic nitrogens is 3. The van der Waals surface area contributed by atoms with E-state index in [0.717, 1.165) is 42.8 Å². The van der Waals surface area contributed by atoms with Crippen molar-refractivity contribution in [2.75, 3.05) is 25.0 Å². The van der Waals surface area contributed by atoms with Crippen molar-refractivity contribution in [2.24, 2.45) is 0 Å². The summed E-state index contributed by atoms with van der Waals surface area (Å²) in [6.07, 6.45) is 13.9. The van der Waals surface area contributed by atoms with Gasteiger partial charge in [-0.15, -0.1) is 0 Å². The third-order valence-corrected chi connectivity index (χ3v) is 6.47. The molecule has 9 heteroatoms. The van der Waals surface area contributed by atoms with Crippen LogP contribution in [0.2, 0.25) is 0 Å². The van der Waals surface area contributed by atoms with E-state index in [1.165, 1.54) is 10.9 Å². The first-order valence-corrected chi connectivity index (χ1v) is 11.1. The highest BCUT2D eigenvalue weighted by Crippen LogP contribution is 2.43. The van der Waals surface area contributed by atoms with Gasteiger partial charge in [0.15, 0.2) is 11.4 Å².